The molecule has 3 atom stereocenters. The van der Waals surface area contributed by atoms with Gasteiger partial charge in [0.15, 0.2) is 0 Å². The number of carbonyl (C=O) groups is 1. The lowest BCUT2D eigenvalue weighted by Gasteiger charge is -2.29. The van der Waals surface area contributed by atoms with E-state index in [4.69, 9.17) is 5.73 Å². The smallest absolute Gasteiger partial charge is 0.239 e. The summed E-state index contributed by atoms with van der Waals surface area (Å²) in [6.07, 6.45) is 2.67. The van der Waals surface area contributed by atoms with Gasteiger partial charge in [0, 0.05) is 11.0 Å². The average Bonchev–Trinajstić information content (AvgIpc) is 2.77. The van der Waals surface area contributed by atoms with Crippen molar-refractivity contribution in [2.75, 3.05) is 13.6 Å². The summed E-state index contributed by atoms with van der Waals surface area (Å²) < 4.78 is 0.971. The molecule has 1 aromatic rings. The predicted octanol–water partition coefficient (Wildman–Crippen LogP) is 2.07. The highest BCUT2D eigenvalue weighted by molar-refractivity contribution is 9.10. The number of halogens is 1. The van der Waals surface area contributed by atoms with Crippen LogP contribution in [0.2, 0.25) is 0 Å². The summed E-state index contributed by atoms with van der Waals surface area (Å²) in [6.45, 7) is 0.685. The van der Waals surface area contributed by atoms with E-state index in [2.05, 4.69) is 15.9 Å². The number of likely N-dealkylation sites (N-methyl/N-ethyl adjacent to an activating group) is 1. The van der Waals surface area contributed by atoms with Gasteiger partial charge in [-0.2, -0.15) is 0 Å². The van der Waals surface area contributed by atoms with Crippen molar-refractivity contribution >= 4 is 21.8 Å². The third kappa shape index (κ3) is 3.59. The molecule has 110 valence electrons. The van der Waals surface area contributed by atoms with E-state index in [0.29, 0.717) is 6.54 Å². The zero-order chi connectivity index (χ0) is 14.7. The molecule has 1 amide bonds. The summed E-state index contributed by atoms with van der Waals surface area (Å²) in [5, 5.41) is 9.92. The van der Waals surface area contributed by atoms with E-state index in [0.717, 1.165) is 29.3 Å². The average molecular weight is 341 g/mol. The van der Waals surface area contributed by atoms with Crippen molar-refractivity contribution in [2.24, 2.45) is 11.7 Å². The number of hydrogen-bond donors (Lipinski definition) is 2. The van der Waals surface area contributed by atoms with Gasteiger partial charge in [-0.25, -0.2) is 0 Å². The highest BCUT2D eigenvalue weighted by atomic mass is 79.9. The Hall–Kier alpha value is -0.910. The molecule has 0 heterocycles. The van der Waals surface area contributed by atoms with E-state index in [1.165, 1.54) is 0 Å². The third-order valence-corrected chi connectivity index (χ3v) is 4.57. The molecule has 1 saturated carbocycles. The van der Waals surface area contributed by atoms with Gasteiger partial charge in [-0.3, -0.25) is 9.69 Å². The molecule has 1 aliphatic carbocycles. The van der Waals surface area contributed by atoms with Gasteiger partial charge in [0.1, 0.15) is 6.04 Å². The molecule has 1 fully saturated rings. The van der Waals surface area contributed by atoms with Crippen LogP contribution in [0.25, 0.3) is 0 Å². The van der Waals surface area contributed by atoms with Crippen molar-refractivity contribution in [3.63, 3.8) is 0 Å². The minimum absolute atomic E-state index is 0.234. The molecule has 0 spiro atoms. The number of benzene rings is 1. The predicted molar refractivity (Wildman–Crippen MR) is 82.1 cm³/mol. The molecule has 0 aliphatic heterocycles. The Labute approximate surface area is 128 Å². The van der Waals surface area contributed by atoms with Crippen LogP contribution in [0.1, 0.15) is 30.9 Å². The van der Waals surface area contributed by atoms with Gasteiger partial charge in [-0.05, 0) is 43.5 Å². The van der Waals surface area contributed by atoms with Crippen molar-refractivity contribution < 1.29 is 9.90 Å². The van der Waals surface area contributed by atoms with Crippen LogP contribution >= 0.6 is 15.9 Å². The first-order chi connectivity index (χ1) is 9.49. The minimum atomic E-state index is -0.448. The number of primary amides is 1. The van der Waals surface area contributed by atoms with Crippen LogP contribution < -0.4 is 5.73 Å². The van der Waals surface area contributed by atoms with Crippen LogP contribution in [0.3, 0.4) is 0 Å². The molecule has 5 heteroatoms. The molecular formula is C15H21BrN2O2. The molecule has 0 saturated heterocycles. The Bertz CT molecular complexity index is 463. The molecule has 0 aromatic heterocycles. The molecule has 20 heavy (non-hydrogen) atoms. The molecular weight excluding hydrogens is 320 g/mol. The number of carbonyl (C=O) groups excluding carboxylic acids is 1. The van der Waals surface area contributed by atoms with Gasteiger partial charge in [0.25, 0.3) is 0 Å². The number of nitrogens with zero attached hydrogens (tertiary/aromatic N) is 1. The van der Waals surface area contributed by atoms with Crippen LogP contribution in [-0.4, -0.2) is 35.6 Å². The molecule has 3 N–H and O–H groups in total. The lowest BCUT2D eigenvalue weighted by Crippen LogP contribution is -2.39. The molecule has 0 radical (unpaired) electrons. The van der Waals surface area contributed by atoms with Crippen molar-refractivity contribution in [1.82, 2.24) is 4.90 Å². The Morgan fingerprint density at radius 1 is 1.45 bits per heavy atom. The molecule has 3 unspecified atom stereocenters. The summed E-state index contributed by atoms with van der Waals surface area (Å²) in [5.74, 6) is -0.125. The topological polar surface area (TPSA) is 66.6 Å². The number of rotatable bonds is 5. The monoisotopic (exact) mass is 340 g/mol. The molecule has 1 aliphatic rings. The van der Waals surface area contributed by atoms with Gasteiger partial charge in [-0.1, -0.05) is 34.5 Å². The minimum Gasteiger partial charge on any atom is -0.393 e. The first kappa shape index (κ1) is 15.5. The summed E-state index contributed by atoms with van der Waals surface area (Å²) in [7, 11) is 1.89. The zero-order valence-electron chi connectivity index (χ0n) is 11.6. The first-order valence-corrected chi connectivity index (χ1v) is 7.71. The normalized spacial score (nSPS) is 24.0. The number of amides is 1. The fourth-order valence-electron chi connectivity index (χ4n) is 2.99. The first-order valence-electron chi connectivity index (χ1n) is 6.92. The van der Waals surface area contributed by atoms with Crippen molar-refractivity contribution in [3.05, 3.63) is 34.3 Å². The SMILES string of the molecule is CN(CC1CCCC1O)C(C(N)=O)c1ccc(Br)cc1. The lowest BCUT2D eigenvalue weighted by molar-refractivity contribution is -0.123. The van der Waals surface area contributed by atoms with Gasteiger partial charge < -0.3 is 10.8 Å². The van der Waals surface area contributed by atoms with Crippen LogP contribution in [0.5, 0.6) is 0 Å². The molecule has 0 bridgehead atoms. The second-order valence-corrected chi connectivity index (χ2v) is 6.47. The van der Waals surface area contributed by atoms with E-state index in [1.807, 2.05) is 36.2 Å². The summed E-state index contributed by atoms with van der Waals surface area (Å²) >= 11 is 3.38. The maximum absolute atomic E-state index is 11.8. The Kier molecular flexibility index (Phi) is 5.18. The fraction of sp³-hybridized carbons (Fsp3) is 0.533. The lowest BCUT2D eigenvalue weighted by atomic mass is 10.0. The van der Waals surface area contributed by atoms with E-state index in [-0.39, 0.29) is 17.9 Å². The Balaban J connectivity index is 2.11. The van der Waals surface area contributed by atoms with Gasteiger partial charge in [0.05, 0.1) is 6.10 Å². The maximum atomic E-state index is 11.8. The Morgan fingerprint density at radius 2 is 2.10 bits per heavy atom. The summed E-state index contributed by atoms with van der Waals surface area (Å²) in [4.78, 5) is 13.7. The van der Waals surface area contributed by atoms with Crippen molar-refractivity contribution in [1.29, 1.82) is 0 Å². The van der Waals surface area contributed by atoms with Crippen molar-refractivity contribution in [3.8, 4) is 0 Å². The van der Waals surface area contributed by atoms with Crippen LogP contribution in [0, 0.1) is 5.92 Å². The van der Waals surface area contributed by atoms with Crippen LogP contribution in [0.15, 0.2) is 28.7 Å². The maximum Gasteiger partial charge on any atom is 0.239 e. The van der Waals surface area contributed by atoms with E-state index in [9.17, 15) is 9.90 Å². The quantitative estimate of drug-likeness (QED) is 0.862. The zero-order valence-corrected chi connectivity index (χ0v) is 13.2. The van der Waals surface area contributed by atoms with Gasteiger partial charge in [0.2, 0.25) is 5.91 Å². The van der Waals surface area contributed by atoms with E-state index < -0.39 is 6.04 Å². The number of hydrogen-bond acceptors (Lipinski definition) is 3. The Morgan fingerprint density at radius 3 is 2.60 bits per heavy atom. The largest absolute Gasteiger partial charge is 0.393 e. The highest BCUT2D eigenvalue weighted by Gasteiger charge is 2.30. The molecule has 1 aromatic carbocycles. The fourth-order valence-corrected chi connectivity index (χ4v) is 3.25. The van der Waals surface area contributed by atoms with Crippen LogP contribution in [-0.2, 0) is 4.79 Å². The summed E-state index contributed by atoms with van der Waals surface area (Å²) in [6, 6.07) is 7.17. The standard InChI is InChI=1S/C15H21BrN2O2/c1-18(9-11-3-2-4-13(11)19)14(15(17)20)10-5-7-12(16)8-6-10/h5-8,11,13-14,19H,2-4,9H2,1H3,(H2,17,20). The summed E-state index contributed by atoms with van der Waals surface area (Å²) in [5.41, 5.74) is 6.45. The number of aliphatic hydroxyl groups is 1. The van der Waals surface area contributed by atoms with Gasteiger partial charge in [-0.15, -0.1) is 0 Å². The number of aliphatic hydroxyl groups excluding tert-OH is 1. The van der Waals surface area contributed by atoms with E-state index in [1.54, 1.807) is 0 Å². The highest BCUT2D eigenvalue weighted by Crippen LogP contribution is 2.29. The van der Waals surface area contributed by atoms with Crippen LogP contribution in [0.4, 0.5) is 0 Å². The van der Waals surface area contributed by atoms with Crippen molar-refractivity contribution in [2.45, 2.75) is 31.4 Å². The molecule has 2 rings (SSSR count). The second kappa shape index (κ2) is 6.70. The second-order valence-electron chi connectivity index (χ2n) is 5.55. The van der Waals surface area contributed by atoms with Gasteiger partial charge >= 0.3 is 0 Å². The third-order valence-electron chi connectivity index (χ3n) is 4.04. The molecule has 4 nitrogen and oxygen atoms in total. The van der Waals surface area contributed by atoms with E-state index >= 15 is 0 Å². The number of nitrogens with two attached hydrogens (primary N) is 1.